The molecule has 1 saturated heterocycles. The zero-order valence-electron chi connectivity index (χ0n) is 13.0. The second kappa shape index (κ2) is 7.39. The van der Waals surface area contributed by atoms with Crippen molar-refractivity contribution in [2.24, 2.45) is 5.92 Å². The number of thiophene rings is 1. The van der Waals surface area contributed by atoms with Crippen molar-refractivity contribution >= 4 is 21.4 Å². The first kappa shape index (κ1) is 15.0. The van der Waals surface area contributed by atoms with Crippen LogP contribution >= 0.6 is 11.3 Å². The summed E-state index contributed by atoms with van der Waals surface area (Å²) in [5.41, 5.74) is 1.51. The monoisotopic (exact) mass is 302 g/mol. The Morgan fingerprint density at radius 1 is 1.33 bits per heavy atom. The minimum Gasteiger partial charge on any atom is -0.316 e. The first-order chi connectivity index (χ1) is 10.4. The predicted molar refractivity (Wildman–Crippen MR) is 93.0 cm³/mol. The molecule has 1 aliphatic heterocycles. The summed E-state index contributed by atoms with van der Waals surface area (Å²) < 4.78 is 1.42. The van der Waals surface area contributed by atoms with Crippen molar-refractivity contribution in [1.82, 2.24) is 10.2 Å². The molecule has 2 heterocycles. The fraction of sp³-hybridized carbons (Fsp3) is 0.556. The van der Waals surface area contributed by atoms with Crippen molar-refractivity contribution in [3.05, 3.63) is 35.2 Å². The minimum absolute atomic E-state index is 0.829. The van der Waals surface area contributed by atoms with E-state index in [0.29, 0.717) is 0 Å². The quantitative estimate of drug-likeness (QED) is 0.864. The molecule has 1 fully saturated rings. The molecule has 21 heavy (non-hydrogen) atoms. The van der Waals surface area contributed by atoms with E-state index in [1.54, 1.807) is 0 Å². The predicted octanol–water partition coefficient (Wildman–Crippen LogP) is 4.11. The van der Waals surface area contributed by atoms with E-state index in [9.17, 15) is 0 Å². The number of nitrogens with one attached hydrogen (secondary N) is 1. The summed E-state index contributed by atoms with van der Waals surface area (Å²) in [4.78, 5) is 2.66. The van der Waals surface area contributed by atoms with Crippen LogP contribution in [0.1, 0.15) is 31.7 Å². The largest absolute Gasteiger partial charge is 0.316 e. The van der Waals surface area contributed by atoms with Crippen molar-refractivity contribution in [2.45, 2.75) is 32.7 Å². The molecule has 0 radical (unpaired) electrons. The molecule has 0 saturated carbocycles. The maximum absolute atomic E-state index is 3.55. The van der Waals surface area contributed by atoms with Gasteiger partial charge in [-0.25, -0.2) is 0 Å². The molecule has 0 spiro atoms. The number of benzene rings is 1. The Morgan fingerprint density at radius 3 is 3.05 bits per heavy atom. The average Bonchev–Trinajstić information content (AvgIpc) is 2.92. The SMILES string of the molecule is CCCN(Cc1csc2ccccc12)CC1CCCNC1. The first-order valence-corrected chi connectivity index (χ1v) is 9.13. The highest BCUT2D eigenvalue weighted by molar-refractivity contribution is 7.17. The smallest absolute Gasteiger partial charge is 0.0346 e. The summed E-state index contributed by atoms with van der Waals surface area (Å²) in [6.45, 7) is 8.25. The zero-order chi connectivity index (χ0) is 14.5. The van der Waals surface area contributed by atoms with Crippen LogP contribution in [0, 0.1) is 5.92 Å². The molecule has 3 rings (SSSR count). The van der Waals surface area contributed by atoms with Gasteiger partial charge in [0, 0.05) is 17.8 Å². The third-order valence-corrected chi connectivity index (χ3v) is 5.42. The number of hydrogen-bond acceptors (Lipinski definition) is 3. The molecule has 0 amide bonds. The third-order valence-electron chi connectivity index (χ3n) is 4.41. The van der Waals surface area contributed by atoms with Gasteiger partial charge in [0.1, 0.15) is 0 Å². The topological polar surface area (TPSA) is 15.3 Å². The van der Waals surface area contributed by atoms with Gasteiger partial charge in [0.2, 0.25) is 0 Å². The lowest BCUT2D eigenvalue weighted by Crippen LogP contribution is -2.38. The maximum Gasteiger partial charge on any atom is 0.0346 e. The van der Waals surface area contributed by atoms with Gasteiger partial charge in [-0.1, -0.05) is 25.1 Å². The van der Waals surface area contributed by atoms with Gasteiger partial charge in [-0.05, 0) is 67.2 Å². The number of fused-ring (bicyclic) bond motifs is 1. The van der Waals surface area contributed by atoms with E-state index in [1.807, 2.05) is 11.3 Å². The van der Waals surface area contributed by atoms with E-state index >= 15 is 0 Å². The molecule has 0 bridgehead atoms. The van der Waals surface area contributed by atoms with Crippen molar-refractivity contribution in [2.75, 3.05) is 26.2 Å². The minimum atomic E-state index is 0.829. The Morgan fingerprint density at radius 2 is 2.24 bits per heavy atom. The lowest BCUT2D eigenvalue weighted by molar-refractivity contribution is 0.202. The Kier molecular flexibility index (Phi) is 5.28. The standard InChI is InChI=1S/C18H26N2S/c1-2-10-20(12-15-6-5-9-19-11-15)13-16-14-21-18-8-4-3-7-17(16)18/h3-4,7-8,14-15,19H,2,5-6,9-13H2,1H3. The summed E-state index contributed by atoms with van der Waals surface area (Å²) in [7, 11) is 0. The Bertz CT molecular complexity index is 557. The molecule has 0 aliphatic carbocycles. The number of piperidine rings is 1. The summed E-state index contributed by atoms with van der Waals surface area (Å²) in [5.74, 6) is 0.829. The van der Waals surface area contributed by atoms with E-state index in [2.05, 4.69) is 46.8 Å². The van der Waals surface area contributed by atoms with Crippen LogP contribution in [0.25, 0.3) is 10.1 Å². The lowest BCUT2D eigenvalue weighted by atomic mass is 9.98. The number of rotatable bonds is 6. The van der Waals surface area contributed by atoms with Gasteiger partial charge in [-0.3, -0.25) is 4.90 Å². The van der Waals surface area contributed by atoms with Crippen LogP contribution in [-0.2, 0) is 6.54 Å². The van der Waals surface area contributed by atoms with E-state index in [-0.39, 0.29) is 0 Å². The van der Waals surface area contributed by atoms with Gasteiger partial charge in [0.25, 0.3) is 0 Å². The first-order valence-electron chi connectivity index (χ1n) is 8.25. The van der Waals surface area contributed by atoms with Gasteiger partial charge in [0.15, 0.2) is 0 Å². The van der Waals surface area contributed by atoms with Crippen molar-refractivity contribution in [3.8, 4) is 0 Å². The van der Waals surface area contributed by atoms with Crippen LogP contribution in [-0.4, -0.2) is 31.1 Å². The van der Waals surface area contributed by atoms with Gasteiger partial charge >= 0.3 is 0 Å². The van der Waals surface area contributed by atoms with Crippen molar-refractivity contribution in [3.63, 3.8) is 0 Å². The van der Waals surface area contributed by atoms with Crippen LogP contribution in [0.2, 0.25) is 0 Å². The Hall–Kier alpha value is -0.900. The molecule has 1 N–H and O–H groups in total. The maximum atomic E-state index is 3.55. The van der Waals surface area contributed by atoms with E-state index in [4.69, 9.17) is 0 Å². The molecule has 1 aliphatic rings. The van der Waals surface area contributed by atoms with E-state index < -0.39 is 0 Å². The highest BCUT2D eigenvalue weighted by Crippen LogP contribution is 2.27. The summed E-state index contributed by atoms with van der Waals surface area (Å²) in [6.07, 6.45) is 3.96. The second-order valence-corrected chi connectivity index (χ2v) is 7.12. The third kappa shape index (κ3) is 3.85. The Labute approximate surface area is 132 Å². The Balaban J connectivity index is 1.69. The molecule has 2 nitrogen and oxygen atoms in total. The van der Waals surface area contributed by atoms with Crippen molar-refractivity contribution in [1.29, 1.82) is 0 Å². The number of hydrogen-bond donors (Lipinski definition) is 1. The van der Waals surface area contributed by atoms with Gasteiger partial charge in [0.05, 0.1) is 0 Å². The molecule has 3 heteroatoms. The average molecular weight is 302 g/mol. The summed E-state index contributed by atoms with van der Waals surface area (Å²) in [6, 6.07) is 8.81. The van der Waals surface area contributed by atoms with Crippen LogP contribution < -0.4 is 5.32 Å². The highest BCUT2D eigenvalue weighted by Gasteiger charge is 2.17. The number of nitrogens with zero attached hydrogens (tertiary/aromatic N) is 1. The summed E-state index contributed by atoms with van der Waals surface area (Å²) >= 11 is 1.88. The molecule has 2 aromatic rings. The normalized spacial score (nSPS) is 19.4. The highest BCUT2D eigenvalue weighted by atomic mass is 32.1. The molecule has 1 aromatic carbocycles. The van der Waals surface area contributed by atoms with Crippen LogP contribution in [0.4, 0.5) is 0 Å². The molecule has 1 unspecified atom stereocenters. The fourth-order valence-corrected chi connectivity index (χ4v) is 4.35. The van der Waals surface area contributed by atoms with E-state index in [0.717, 1.165) is 12.5 Å². The molecular formula is C18H26N2S. The zero-order valence-corrected chi connectivity index (χ0v) is 13.8. The molecular weight excluding hydrogens is 276 g/mol. The second-order valence-electron chi connectivity index (χ2n) is 6.20. The van der Waals surface area contributed by atoms with Gasteiger partial charge in [-0.15, -0.1) is 11.3 Å². The van der Waals surface area contributed by atoms with Crippen LogP contribution in [0.5, 0.6) is 0 Å². The van der Waals surface area contributed by atoms with Crippen LogP contribution in [0.15, 0.2) is 29.6 Å². The van der Waals surface area contributed by atoms with Gasteiger partial charge in [-0.2, -0.15) is 0 Å². The molecule has 1 atom stereocenters. The molecule has 114 valence electrons. The van der Waals surface area contributed by atoms with Gasteiger partial charge < -0.3 is 5.32 Å². The van der Waals surface area contributed by atoms with Crippen molar-refractivity contribution < 1.29 is 0 Å². The van der Waals surface area contributed by atoms with Crippen LogP contribution in [0.3, 0.4) is 0 Å². The molecule has 1 aromatic heterocycles. The lowest BCUT2D eigenvalue weighted by Gasteiger charge is -2.30. The fourth-order valence-electron chi connectivity index (χ4n) is 3.39. The van der Waals surface area contributed by atoms with E-state index in [1.165, 1.54) is 61.1 Å². The summed E-state index contributed by atoms with van der Waals surface area (Å²) in [5, 5.41) is 7.35.